The maximum absolute atomic E-state index is 11.2. The largest absolute Gasteiger partial charge is 0.377 e. The van der Waals surface area contributed by atoms with Crippen LogP contribution in [0.25, 0.3) is 0 Å². The lowest BCUT2D eigenvalue weighted by molar-refractivity contribution is -0.130. The topological polar surface area (TPSA) is 41.6 Å². The summed E-state index contributed by atoms with van der Waals surface area (Å²) < 4.78 is 5.60. The van der Waals surface area contributed by atoms with E-state index in [2.05, 4.69) is 5.32 Å². The first-order valence-corrected chi connectivity index (χ1v) is 6.69. The molecular formula is C13H24N2O2. The maximum atomic E-state index is 11.2. The van der Waals surface area contributed by atoms with Gasteiger partial charge in [-0.2, -0.15) is 0 Å². The van der Waals surface area contributed by atoms with Gasteiger partial charge in [0.25, 0.3) is 0 Å². The van der Waals surface area contributed by atoms with Gasteiger partial charge >= 0.3 is 0 Å². The van der Waals surface area contributed by atoms with Gasteiger partial charge in [-0.3, -0.25) is 4.79 Å². The lowest BCUT2D eigenvalue weighted by Gasteiger charge is -2.42. The zero-order valence-corrected chi connectivity index (χ0v) is 11.0. The smallest absolute Gasteiger partial charge is 0.219 e. The molecule has 0 aromatic carbocycles. The normalized spacial score (nSPS) is 24.5. The number of ether oxygens (including phenoxy) is 1. The van der Waals surface area contributed by atoms with Crippen LogP contribution in [-0.4, -0.2) is 49.2 Å². The zero-order valence-electron chi connectivity index (χ0n) is 11.0. The van der Waals surface area contributed by atoms with Crippen molar-refractivity contribution in [3.63, 3.8) is 0 Å². The molecule has 0 spiro atoms. The average Bonchev–Trinajstić information content (AvgIpc) is 2.29. The monoisotopic (exact) mass is 240 g/mol. The molecule has 17 heavy (non-hydrogen) atoms. The van der Waals surface area contributed by atoms with Gasteiger partial charge in [0.2, 0.25) is 5.91 Å². The Morgan fingerprint density at radius 3 is 2.47 bits per heavy atom. The summed E-state index contributed by atoms with van der Waals surface area (Å²) in [6.07, 6.45) is 5.79. The molecule has 98 valence electrons. The van der Waals surface area contributed by atoms with Gasteiger partial charge in [0.15, 0.2) is 0 Å². The first-order chi connectivity index (χ1) is 8.15. The van der Waals surface area contributed by atoms with Crippen molar-refractivity contribution >= 4 is 5.91 Å². The second-order valence-corrected chi connectivity index (χ2v) is 5.40. The van der Waals surface area contributed by atoms with E-state index in [0.29, 0.717) is 6.04 Å². The van der Waals surface area contributed by atoms with Crippen LogP contribution >= 0.6 is 0 Å². The Morgan fingerprint density at radius 2 is 2.06 bits per heavy atom. The Kier molecular flexibility index (Phi) is 4.05. The maximum Gasteiger partial charge on any atom is 0.219 e. The highest BCUT2D eigenvalue weighted by molar-refractivity contribution is 5.73. The fourth-order valence-electron chi connectivity index (χ4n) is 2.75. The van der Waals surface area contributed by atoms with Crippen LogP contribution in [0.5, 0.6) is 0 Å². The Bertz CT molecular complexity index is 263. The molecule has 0 bridgehead atoms. The Balaban J connectivity index is 1.69. The number of hydrogen-bond donors (Lipinski definition) is 1. The molecule has 2 aliphatic rings. The van der Waals surface area contributed by atoms with E-state index in [9.17, 15) is 4.79 Å². The van der Waals surface area contributed by atoms with Crippen LogP contribution in [0.4, 0.5) is 0 Å². The number of amides is 1. The molecule has 1 saturated carbocycles. The first kappa shape index (κ1) is 12.8. The highest BCUT2D eigenvalue weighted by Crippen LogP contribution is 2.34. The van der Waals surface area contributed by atoms with E-state index in [-0.39, 0.29) is 11.5 Å². The van der Waals surface area contributed by atoms with Gasteiger partial charge < -0.3 is 15.0 Å². The van der Waals surface area contributed by atoms with Gasteiger partial charge in [0.1, 0.15) is 0 Å². The number of rotatable bonds is 4. The van der Waals surface area contributed by atoms with E-state index in [1.54, 1.807) is 6.92 Å². The molecule has 0 aromatic heterocycles. The second kappa shape index (κ2) is 5.36. The SMILES string of the molecule is COC1(CNC2CCN(C(C)=O)CC2)CCC1. The highest BCUT2D eigenvalue weighted by Gasteiger charge is 2.37. The summed E-state index contributed by atoms with van der Waals surface area (Å²) in [5, 5.41) is 3.61. The fourth-order valence-corrected chi connectivity index (χ4v) is 2.75. The van der Waals surface area contributed by atoms with Gasteiger partial charge in [0, 0.05) is 39.7 Å². The van der Waals surface area contributed by atoms with Gasteiger partial charge in [-0.25, -0.2) is 0 Å². The Morgan fingerprint density at radius 1 is 1.41 bits per heavy atom. The molecule has 0 atom stereocenters. The van der Waals surface area contributed by atoms with Crippen LogP contribution in [0.3, 0.4) is 0 Å². The molecule has 1 amide bonds. The van der Waals surface area contributed by atoms with Gasteiger partial charge in [-0.1, -0.05) is 0 Å². The number of methoxy groups -OCH3 is 1. The number of carbonyl (C=O) groups excluding carboxylic acids is 1. The van der Waals surface area contributed by atoms with Crippen molar-refractivity contribution in [1.29, 1.82) is 0 Å². The quantitative estimate of drug-likeness (QED) is 0.801. The van der Waals surface area contributed by atoms with Crippen molar-refractivity contribution in [2.24, 2.45) is 0 Å². The van der Waals surface area contributed by atoms with E-state index in [1.165, 1.54) is 19.3 Å². The van der Waals surface area contributed by atoms with E-state index < -0.39 is 0 Å². The van der Waals surface area contributed by atoms with Crippen molar-refractivity contribution in [2.75, 3.05) is 26.7 Å². The lowest BCUT2D eigenvalue weighted by atomic mass is 9.79. The Labute approximate surface area is 104 Å². The van der Waals surface area contributed by atoms with Crippen LogP contribution in [0.2, 0.25) is 0 Å². The summed E-state index contributed by atoms with van der Waals surface area (Å²) in [6, 6.07) is 0.554. The third-order valence-corrected chi connectivity index (χ3v) is 4.35. The van der Waals surface area contributed by atoms with Gasteiger partial charge in [0.05, 0.1) is 5.60 Å². The second-order valence-electron chi connectivity index (χ2n) is 5.40. The molecule has 1 aliphatic heterocycles. The summed E-state index contributed by atoms with van der Waals surface area (Å²) in [5.74, 6) is 0.204. The van der Waals surface area contributed by atoms with Gasteiger partial charge in [-0.05, 0) is 32.1 Å². The van der Waals surface area contributed by atoms with Crippen molar-refractivity contribution in [1.82, 2.24) is 10.2 Å². The number of nitrogens with zero attached hydrogens (tertiary/aromatic N) is 1. The molecule has 0 radical (unpaired) electrons. The summed E-state index contributed by atoms with van der Waals surface area (Å²) in [7, 11) is 1.82. The summed E-state index contributed by atoms with van der Waals surface area (Å²) in [6.45, 7) is 4.41. The molecular weight excluding hydrogens is 216 g/mol. The molecule has 1 N–H and O–H groups in total. The predicted octanol–water partition coefficient (Wildman–Crippen LogP) is 1.16. The number of piperidine rings is 1. The van der Waals surface area contributed by atoms with Crippen LogP contribution in [0.1, 0.15) is 39.0 Å². The number of likely N-dealkylation sites (tertiary alicyclic amines) is 1. The van der Waals surface area contributed by atoms with Crippen molar-refractivity contribution in [3.8, 4) is 0 Å². The predicted molar refractivity (Wildman–Crippen MR) is 66.9 cm³/mol. The average molecular weight is 240 g/mol. The van der Waals surface area contributed by atoms with E-state index in [4.69, 9.17) is 4.74 Å². The molecule has 2 rings (SSSR count). The highest BCUT2D eigenvalue weighted by atomic mass is 16.5. The molecule has 2 fully saturated rings. The Hall–Kier alpha value is -0.610. The number of nitrogens with one attached hydrogen (secondary N) is 1. The van der Waals surface area contributed by atoms with Crippen LogP contribution in [0.15, 0.2) is 0 Å². The first-order valence-electron chi connectivity index (χ1n) is 6.69. The number of carbonyl (C=O) groups is 1. The standard InChI is InChI=1S/C13H24N2O2/c1-11(16)15-8-4-12(5-9-15)14-10-13(17-2)6-3-7-13/h12,14H,3-10H2,1-2H3. The molecule has 1 aliphatic carbocycles. The molecule has 0 aromatic rings. The minimum absolute atomic E-state index is 0.109. The van der Waals surface area contributed by atoms with E-state index in [1.807, 2.05) is 12.0 Å². The molecule has 4 nitrogen and oxygen atoms in total. The van der Waals surface area contributed by atoms with Crippen molar-refractivity contribution < 1.29 is 9.53 Å². The number of hydrogen-bond acceptors (Lipinski definition) is 3. The molecule has 0 unspecified atom stereocenters. The van der Waals surface area contributed by atoms with E-state index in [0.717, 1.165) is 32.5 Å². The van der Waals surface area contributed by atoms with Gasteiger partial charge in [-0.15, -0.1) is 0 Å². The third-order valence-electron chi connectivity index (χ3n) is 4.35. The van der Waals surface area contributed by atoms with Crippen molar-refractivity contribution in [3.05, 3.63) is 0 Å². The molecule has 4 heteroatoms. The zero-order chi connectivity index (χ0) is 12.3. The van der Waals surface area contributed by atoms with Crippen molar-refractivity contribution in [2.45, 2.75) is 50.7 Å². The minimum Gasteiger partial charge on any atom is -0.377 e. The minimum atomic E-state index is 0.109. The third kappa shape index (κ3) is 2.99. The lowest BCUT2D eigenvalue weighted by Crippen LogP contribution is -2.52. The summed E-state index contributed by atoms with van der Waals surface area (Å²) in [5.41, 5.74) is 0.109. The molecule has 1 saturated heterocycles. The van der Waals surface area contributed by atoms with Crippen LogP contribution in [0, 0.1) is 0 Å². The van der Waals surface area contributed by atoms with Crippen LogP contribution < -0.4 is 5.32 Å². The summed E-state index contributed by atoms with van der Waals surface area (Å²) in [4.78, 5) is 13.1. The van der Waals surface area contributed by atoms with E-state index >= 15 is 0 Å². The summed E-state index contributed by atoms with van der Waals surface area (Å²) >= 11 is 0. The molecule has 1 heterocycles. The van der Waals surface area contributed by atoms with Crippen LogP contribution in [-0.2, 0) is 9.53 Å². The fraction of sp³-hybridized carbons (Fsp3) is 0.923.